The third-order valence-electron chi connectivity index (χ3n) is 3.17. The van der Waals surface area contributed by atoms with E-state index in [2.05, 4.69) is 9.97 Å². The zero-order chi connectivity index (χ0) is 14.5. The quantitative estimate of drug-likeness (QED) is 0.730. The molecule has 1 unspecified atom stereocenters. The zero-order valence-electron chi connectivity index (χ0n) is 11.5. The maximum atomic E-state index is 6.10. The molecule has 0 saturated carbocycles. The van der Waals surface area contributed by atoms with E-state index in [1.54, 1.807) is 24.9 Å². The number of pyridine rings is 1. The Morgan fingerprint density at radius 1 is 1.00 bits per heavy atom. The molecule has 1 aromatic carbocycles. The average molecular weight is 280 g/mol. The van der Waals surface area contributed by atoms with Crippen molar-refractivity contribution in [2.24, 2.45) is 0 Å². The van der Waals surface area contributed by atoms with Gasteiger partial charge in [0.1, 0.15) is 11.9 Å². The van der Waals surface area contributed by atoms with Crippen LogP contribution in [0.3, 0.4) is 0 Å². The van der Waals surface area contributed by atoms with Crippen LogP contribution in [0.2, 0.25) is 0 Å². The second kappa shape index (κ2) is 6.09. The summed E-state index contributed by atoms with van der Waals surface area (Å²) in [6, 6.07) is 11.3. The van der Waals surface area contributed by atoms with Crippen molar-refractivity contribution in [3.05, 3.63) is 73.1 Å². The highest BCUT2D eigenvalue weighted by Gasteiger charge is 2.14. The Morgan fingerprint density at radius 2 is 1.76 bits per heavy atom. The first-order chi connectivity index (χ1) is 10.3. The minimum Gasteiger partial charge on any atom is -0.484 e. The Morgan fingerprint density at radius 3 is 2.43 bits per heavy atom. The van der Waals surface area contributed by atoms with Crippen LogP contribution >= 0.6 is 0 Å². The number of nitrogens with two attached hydrogens (primary N) is 1. The van der Waals surface area contributed by atoms with Crippen molar-refractivity contribution in [1.82, 2.24) is 14.5 Å². The number of imidazole rings is 1. The number of rotatable bonds is 5. The van der Waals surface area contributed by atoms with E-state index >= 15 is 0 Å². The highest BCUT2D eigenvalue weighted by Crippen LogP contribution is 2.24. The molecule has 0 aliphatic carbocycles. The van der Waals surface area contributed by atoms with E-state index in [9.17, 15) is 0 Å². The minimum atomic E-state index is -0.120. The van der Waals surface area contributed by atoms with Crippen LogP contribution in [-0.2, 0) is 6.54 Å². The van der Waals surface area contributed by atoms with Crippen LogP contribution < -0.4 is 10.5 Å². The summed E-state index contributed by atoms with van der Waals surface area (Å²) in [7, 11) is 0. The summed E-state index contributed by atoms with van der Waals surface area (Å²) in [6.45, 7) is 0.675. The van der Waals surface area contributed by atoms with E-state index in [1.807, 2.05) is 47.2 Å². The highest BCUT2D eigenvalue weighted by atomic mass is 16.5. The molecular formula is C16H16N4O. The summed E-state index contributed by atoms with van der Waals surface area (Å²) in [4.78, 5) is 8.12. The molecule has 5 heteroatoms. The van der Waals surface area contributed by atoms with Gasteiger partial charge in [0.05, 0.1) is 12.9 Å². The molecule has 5 nitrogen and oxygen atoms in total. The molecular weight excluding hydrogens is 264 g/mol. The molecule has 0 aliphatic heterocycles. The summed E-state index contributed by atoms with van der Waals surface area (Å²) in [6.07, 6.45) is 8.87. The van der Waals surface area contributed by atoms with Crippen LogP contribution in [0.4, 0.5) is 5.69 Å². The molecule has 0 amide bonds. The lowest BCUT2D eigenvalue weighted by Crippen LogP contribution is -2.14. The van der Waals surface area contributed by atoms with E-state index in [0.29, 0.717) is 6.54 Å². The van der Waals surface area contributed by atoms with Gasteiger partial charge in [-0.15, -0.1) is 0 Å². The molecule has 3 rings (SSSR count). The van der Waals surface area contributed by atoms with Gasteiger partial charge >= 0.3 is 0 Å². The van der Waals surface area contributed by atoms with Gasteiger partial charge in [-0.3, -0.25) is 4.98 Å². The van der Waals surface area contributed by atoms with E-state index in [-0.39, 0.29) is 6.10 Å². The Labute approximate surface area is 123 Å². The van der Waals surface area contributed by atoms with Crippen molar-refractivity contribution in [2.45, 2.75) is 12.6 Å². The third kappa shape index (κ3) is 3.39. The van der Waals surface area contributed by atoms with E-state index in [0.717, 1.165) is 17.0 Å². The van der Waals surface area contributed by atoms with E-state index < -0.39 is 0 Å². The van der Waals surface area contributed by atoms with Crippen molar-refractivity contribution in [1.29, 1.82) is 0 Å². The van der Waals surface area contributed by atoms with E-state index in [4.69, 9.17) is 10.5 Å². The molecule has 0 fully saturated rings. The number of hydrogen-bond donors (Lipinski definition) is 1. The van der Waals surface area contributed by atoms with Crippen LogP contribution in [0, 0.1) is 0 Å². The topological polar surface area (TPSA) is 66.0 Å². The maximum absolute atomic E-state index is 6.10. The van der Waals surface area contributed by atoms with Gasteiger partial charge in [0.2, 0.25) is 0 Å². The van der Waals surface area contributed by atoms with E-state index in [1.165, 1.54) is 0 Å². The van der Waals surface area contributed by atoms with Crippen LogP contribution in [0.1, 0.15) is 11.7 Å². The maximum Gasteiger partial charge on any atom is 0.142 e. The lowest BCUT2D eigenvalue weighted by molar-refractivity contribution is 0.183. The monoisotopic (exact) mass is 280 g/mol. The first-order valence-electron chi connectivity index (χ1n) is 6.69. The minimum absolute atomic E-state index is 0.120. The molecule has 2 N–H and O–H groups in total. The fourth-order valence-corrected chi connectivity index (χ4v) is 2.09. The molecule has 2 heterocycles. The van der Waals surface area contributed by atoms with Crippen molar-refractivity contribution >= 4 is 5.69 Å². The van der Waals surface area contributed by atoms with Gasteiger partial charge in [0, 0.05) is 30.5 Å². The number of ether oxygens (including phenoxy) is 1. The normalized spacial score (nSPS) is 12.0. The van der Waals surface area contributed by atoms with Gasteiger partial charge in [-0.05, 0) is 42.0 Å². The first kappa shape index (κ1) is 13.2. The van der Waals surface area contributed by atoms with Gasteiger partial charge in [-0.1, -0.05) is 0 Å². The molecule has 106 valence electrons. The molecule has 3 aromatic rings. The summed E-state index contributed by atoms with van der Waals surface area (Å²) in [5, 5.41) is 0. The molecule has 0 bridgehead atoms. The number of hydrogen-bond acceptors (Lipinski definition) is 4. The smallest absolute Gasteiger partial charge is 0.142 e. The number of benzene rings is 1. The Balaban J connectivity index is 1.83. The predicted octanol–water partition coefficient (Wildman–Crippen LogP) is 2.68. The second-order valence-electron chi connectivity index (χ2n) is 4.72. The average Bonchev–Trinajstić information content (AvgIpc) is 3.03. The fourth-order valence-electron chi connectivity index (χ4n) is 2.09. The Hall–Kier alpha value is -2.82. The van der Waals surface area contributed by atoms with Gasteiger partial charge in [0.15, 0.2) is 0 Å². The third-order valence-corrected chi connectivity index (χ3v) is 3.17. The number of nitrogen functional groups attached to an aromatic ring is 1. The van der Waals surface area contributed by atoms with Gasteiger partial charge < -0.3 is 15.0 Å². The van der Waals surface area contributed by atoms with Crippen molar-refractivity contribution < 1.29 is 4.74 Å². The van der Waals surface area contributed by atoms with Crippen molar-refractivity contribution in [2.75, 3.05) is 5.73 Å². The Kier molecular flexibility index (Phi) is 3.82. The lowest BCUT2D eigenvalue weighted by Gasteiger charge is -2.20. The SMILES string of the molecule is Nc1ccc(OC(Cn2ccnc2)c2ccncc2)cc1. The van der Waals surface area contributed by atoms with Crippen molar-refractivity contribution in [3.63, 3.8) is 0 Å². The fraction of sp³-hybridized carbons (Fsp3) is 0.125. The molecule has 2 aromatic heterocycles. The Bertz CT molecular complexity index is 665. The largest absolute Gasteiger partial charge is 0.484 e. The number of nitrogens with zero attached hydrogens (tertiary/aromatic N) is 3. The van der Waals surface area contributed by atoms with Crippen LogP contribution in [-0.4, -0.2) is 14.5 Å². The molecule has 21 heavy (non-hydrogen) atoms. The second-order valence-corrected chi connectivity index (χ2v) is 4.72. The van der Waals surface area contributed by atoms with Gasteiger partial charge in [-0.25, -0.2) is 4.98 Å². The molecule has 0 aliphatic rings. The molecule has 0 radical (unpaired) electrons. The standard InChI is InChI=1S/C16H16N4O/c17-14-1-3-15(4-2-14)21-16(11-20-10-9-19-12-20)13-5-7-18-8-6-13/h1-10,12,16H,11,17H2. The molecule has 0 spiro atoms. The first-order valence-corrected chi connectivity index (χ1v) is 6.69. The van der Waals surface area contributed by atoms with Gasteiger partial charge in [-0.2, -0.15) is 0 Å². The summed E-state index contributed by atoms with van der Waals surface area (Å²) < 4.78 is 8.09. The zero-order valence-corrected chi connectivity index (χ0v) is 11.5. The molecule has 0 saturated heterocycles. The van der Waals surface area contributed by atoms with Crippen LogP contribution in [0.5, 0.6) is 5.75 Å². The lowest BCUT2D eigenvalue weighted by atomic mass is 10.1. The summed E-state index contributed by atoms with van der Waals surface area (Å²) >= 11 is 0. The number of anilines is 1. The van der Waals surface area contributed by atoms with Crippen molar-refractivity contribution in [3.8, 4) is 5.75 Å². The summed E-state index contributed by atoms with van der Waals surface area (Å²) in [5.74, 6) is 0.783. The van der Waals surface area contributed by atoms with Gasteiger partial charge in [0.25, 0.3) is 0 Å². The highest BCUT2D eigenvalue weighted by molar-refractivity contribution is 5.41. The number of aromatic nitrogens is 3. The predicted molar refractivity (Wildman–Crippen MR) is 80.7 cm³/mol. The summed E-state index contributed by atoms with van der Waals surface area (Å²) in [5.41, 5.74) is 7.49. The molecule has 1 atom stereocenters. The van der Waals surface area contributed by atoms with Crippen LogP contribution in [0.25, 0.3) is 0 Å². The van der Waals surface area contributed by atoms with Crippen LogP contribution in [0.15, 0.2) is 67.5 Å².